The minimum absolute atomic E-state index is 0.106. The van der Waals surface area contributed by atoms with E-state index in [-0.39, 0.29) is 17.9 Å². The summed E-state index contributed by atoms with van der Waals surface area (Å²) >= 11 is 3.22. The zero-order valence-electron chi connectivity index (χ0n) is 10.0. The van der Waals surface area contributed by atoms with E-state index in [1.54, 1.807) is 24.1 Å². The first-order valence-corrected chi connectivity index (χ1v) is 6.57. The topological polar surface area (TPSA) is 62.3 Å². The Morgan fingerprint density at radius 1 is 1.50 bits per heavy atom. The summed E-state index contributed by atoms with van der Waals surface area (Å²) in [5, 5.41) is 2.60. The molecule has 18 heavy (non-hydrogen) atoms. The van der Waals surface area contributed by atoms with Crippen LogP contribution in [0, 0.1) is 0 Å². The first kappa shape index (κ1) is 13.0. The average molecular weight is 312 g/mol. The van der Waals surface area contributed by atoms with Crippen molar-refractivity contribution < 1.29 is 9.59 Å². The standard InChI is InChI=1S/C12H14BrN3O2/c1-14-11(17)9-3-2-6-16(9)12(18)8-4-5-10(13)15-7-8/h4-5,7,9H,2-3,6H2,1H3,(H,14,17). The summed E-state index contributed by atoms with van der Waals surface area (Å²) in [6, 6.07) is 3.07. The van der Waals surface area contributed by atoms with Crippen LogP contribution in [0.2, 0.25) is 0 Å². The third kappa shape index (κ3) is 2.53. The van der Waals surface area contributed by atoms with Crippen molar-refractivity contribution in [1.82, 2.24) is 15.2 Å². The van der Waals surface area contributed by atoms with E-state index in [2.05, 4.69) is 26.2 Å². The van der Waals surface area contributed by atoms with Gasteiger partial charge in [0, 0.05) is 19.8 Å². The van der Waals surface area contributed by atoms with Gasteiger partial charge < -0.3 is 10.2 Å². The Labute approximate surface area is 114 Å². The summed E-state index contributed by atoms with van der Waals surface area (Å²) in [4.78, 5) is 29.6. The first-order chi connectivity index (χ1) is 8.63. The van der Waals surface area contributed by atoms with Gasteiger partial charge >= 0.3 is 0 Å². The number of halogens is 1. The van der Waals surface area contributed by atoms with Crippen LogP contribution in [-0.2, 0) is 4.79 Å². The van der Waals surface area contributed by atoms with E-state index >= 15 is 0 Å². The predicted molar refractivity (Wildman–Crippen MR) is 70.1 cm³/mol. The molecule has 2 amide bonds. The maximum atomic E-state index is 12.3. The number of aromatic nitrogens is 1. The molecule has 1 aliphatic rings. The molecule has 0 radical (unpaired) electrons. The molecule has 2 heterocycles. The van der Waals surface area contributed by atoms with Gasteiger partial charge in [-0.15, -0.1) is 0 Å². The number of hydrogen-bond donors (Lipinski definition) is 1. The number of likely N-dealkylation sites (N-methyl/N-ethyl adjacent to an activating group) is 1. The van der Waals surface area contributed by atoms with Crippen LogP contribution in [0.1, 0.15) is 23.2 Å². The van der Waals surface area contributed by atoms with Gasteiger partial charge in [0.05, 0.1) is 5.56 Å². The van der Waals surface area contributed by atoms with Crippen molar-refractivity contribution in [3.05, 3.63) is 28.5 Å². The van der Waals surface area contributed by atoms with Crippen molar-refractivity contribution in [3.63, 3.8) is 0 Å². The molecule has 96 valence electrons. The lowest BCUT2D eigenvalue weighted by Gasteiger charge is -2.23. The Balaban J connectivity index is 2.17. The second kappa shape index (κ2) is 5.48. The van der Waals surface area contributed by atoms with Crippen molar-refractivity contribution in [3.8, 4) is 0 Å². The molecule has 1 atom stereocenters. The van der Waals surface area contributed by atoms with E-state index in [4.69, 9.17) is 0 Å². The number of nitrogens with one attached hydrogen (secondary N) is 1. The van der Waals surface area contributed by atoms with Gasteiger partial charge in [0.15, 0.2) is 0 Å². The molecule has 0 saturated carbocycles. The highest BCUT2D eigenvalue weighted by molar-refractivity contribution is 9.10. The third-order valence-electron chi connectivity index (χ3n) is 3.04. The highest BCUT2D eigenvalue weighted by Gasteiger charge is 2.33. The van der Waals surface area contributed by atoms with Crippen molar-refractivity contribution in [2.75, 3.05) is 13.6 Å². The maximum absolute atomic E-state index is 12.3. The molecule has 0 aromatic carbocycles. The normalized spacial score (nSPS) is 18.8. The van der Waals surface area contributed by atoms with E-state index < -0.39 is 0 Å². The summed E-state index contributed by atoms with van der Waals surface area (Å²) in [5.74, 6) is -0.243. The Morgan fingerprint density at radius 3 is 2.89 bits per heavy atom. The molecular weight excluding hydrogens is 298 g/mol. The summed E-state index contributed by atoms with van der Waals surface area (Å²) in [5.41, 5.74) is 0.508. The van der Waals surface area contributed by atoms with Gasteiger partial charge in [-0.2, -0.15) is 0 Å². The summed E-state index contributed by atoms with van der Waals surface area (Å²) in [6.07, 6.45) is 3.09. The van der Waals surface area contributed by atoms with Crippen LogP contribution in [0.5, 0.6) is 0 Å². The predicted octanol–water partition coefficient (Wildman–Crippen LogP) is 1.19. The molecule has 5 nitrogen and oxygen atoms in total. The summed E-state index contributed by atoms with van der Waals surface area (Å²) in [6.45, 7) is 0.618. The maximum Gasteiger partial charge on any atom is 0.256 e. The van der Waals surface area contributed by atoms with Gasteiger partial charge in [0.2, 0.25) is 5.91 Å². The van der Waals surface area contributed by atoms with Crippen molar-refractivity contribution in [2.24, 2.45) is 0 Å². The molecule has 6 heteroatoms. The largest absolute Gasteiger partial charge is 0.357 e. The van der Waals surface area contributed by atoms with E-state index in [0.29, 0.717) is 16.7 Å². The average Bonchev–Trinajstić information content (AvgIpc) is 2.87. The van der Waals surface area contributed by atoms with Gasteiger partial charge in [0.25, 0.3) is 5.91 Å². The molecule has 2 rings (SSSR count). The van der Waals surface area contributed by atoms with Crippen LogP contribution in [0.4, 0.5) is 0 Å². The van der Waals surface area contributed by atoms with Crippen LogP contribution in [0.15, 0.2) is 22.9 Å². The second-order valence-electron chi connectivity index (χ2n) is 4.14. The molecule has 1 fully saturated rings. The van der Waals surface area contributed by atoms with Crippen molar-refractivity contribution in [1.29, 1.82) is 0 Å². The Kier molecular flexibility index (Phi) is 3.96. The van der Waals surface area contributed by atoms with E-state index in [1.165, 1.54) is 6.20 Å². The molecule has 1 aliphatic heterocycles. The number of likely N-dealkylation sites (tertiary alicyclic amines) is 1. The van der Waals surface area contributed by atoms with Gasteiger partial charge in [-0.3, -0.25) is 9.59 Å². The Morgan fingerprint density at radius 2 is 2.28 bits per heavy atom. The third-order valence-corrected chi connectivity index (χ3v) is 3.51. The van der Waals surface area contributed by atoms with Gasteiger partial charge in [-0.25, -0.2) is 4.98 Å². The van der Waals surface area contributed by atoms with Gasteiger partial charge in [-0.1, -0.05) is 0 Å². The SMILES string of the molecule is CNC(=O)C1CCCN1C(=O)c1ccc(Br)nc1. The Bertz CT molecular complexity index is 461. The Hall–Kier alpha value is -1.43. The number of rotatable bonds is 2. The number of hydrogen-bond acceptors (Lipinski definition) is 3. The fourth-order valence-electron chi connectivity index (χ4n) is 2.12. The highest BCUT2D eigenvalue weighted by atomic mass is 79.9. The zero-order chi connectivity index (χ0) is 13.1. The number of nitrogens with zero attached hydrogens (tertiary/aromatic N) is 2. The molecule has 1 aromatic rings. The second-order valence-corrected chi connectivity index (χ2v) is 4.95. The van der Waals surface area contributed by atoms with E-state index in [1.807, 2.05) is 0 Å². The molecule has 1 N–H and O–H groups in total. The fourth-order valence-corrected chi connectivity index (χ4v) is 2.35. The number of carbonyl (C=O) groups is 2. The van der Waals surface area contributed by atoms with Crippen LogP contribution in [0.3, 0.4) is 0 Å². The molecule has 1 saturated heterocycles. The molecule has 0 aliphatic carbocycles. The number of amides is 2. The lowest BCUT2D eigenvalue weighted by atomic mass is 10.2. The number of carbonyl (C=O) groups excluding carboxylic acids is 2. The first-order valence-electron chi connectivity index (χ1n) is 5.77. The molecule has 1 unspecified atom stereocenters. The van der Waals surface area contributed by atoms with Crippen LogP contribution >= 0.6 is 15.9 Å². The lowest BCUT2D eigenvalue weighted by molar-refractivity contribution is -0.124. The monoisotopic (exact) mass is 311 g/mol. The highest BCUT2D eigenvalue weighted by Crippen LogP contribution is 2.20. The van der Waals surface area contributed by atoms with Gasteiger partial charge in [0.1, 0.15) is 10.6 Å². The van der Waals surface area contributed by atoms with E-state index in [9.17, 15) is 9.59 Å². The fraction of sp³-hybridized carbons (Fsp3) is 0.417. The van der Waals surface area contributed by atoms with Gasteiger partial charge in [-0.05, 0) is 40.9 Å². The zero-order valence-corrected chi connectivity index (χ0v) is 11.6. The van der Waals surface area contributed by atoms with Crippen molar-refractivity contribution in [2.45, 2.75) is 18.9 Å². The summed E-state index contributed by atoms with van der Waals surface area (Å²) < 4.78 is 0.684. The van der Waals surface area contributed by atoms with Crippen LogP contribution in [0.25, 0.3) is 0 Å². The lowest BCUT2D eigenvalue weighted by Crippen LogP contribution is -2.44. The summed E-state index contributed by atoms with van der Waals surface area (Å²) in [7, 11) is 1.59. The van der Waals surface area contributed by atoms with Crippen LogP contribution in [-0.4, -0.2) is 41.3 Å². The van der Waals surface area contributed by atoms with E-state index in [0.717, 1.165) is 12.8 Å². The van der Waals surface area contributed by atoms with Crippen molar-refractivity contribution >= 4 is 27.7 Å². The minimum Gasteiger partial charge on any atom is -0.357 e. The van der Waals surface area contributed by atoms with Crippen LogP contribution < -0.4 is 5.32 Å². The number of pyridine rings is 1. The molecular formula is C12H14BrN3O2. The smallest absolute Gasteiger partial charge is 0.256 e. The quantitative estimate of drug-likeness (QED) is 0.835. The molecule has 0 bridgehead atoms. The minimum atomic E-state index is -0.355. The molecule has 1 aromatic heterocycles. The molecule has 0 spiro atoms.